The van der Waals surface area contributed by atoms with Gasteiger partial charge in [-0.1, -0.05) is 29.8 Å². The lowest BCUT2D eigenvalue weighted by Crippen LogP contribution is -2.26. The van der Waals surface area contributed by atoms with Gasteiger partial charge >= 0.3 is 5.97 Å². The fourth-order valence-corrected chi connectivity index (χ4v) is 3.75. The maximum atomic E-state index is 12.5. The molecule has 0 aliphatic carbocycles. The average molecular weight is 449 g/mol. The van der Waals surface area contributed by atoms with Crippen LogP contribution in [0.15, 0.2) is 54.6 Å². The molecule has 0 spiro atoms. The van der Waals surface area contributed by atoms with E-state index < -0.39 is 0 Å². The summed E-state index contributed by atoms with van der Waals surface area (Å²) >= 11 is 0. The molecule has 1 amide bonds. The zero-order valence-corrected chi connectivity index (χ0v) is 19.8. The van der Waals surface area contributed by atoms with Gasteiger partial charge < -0.3 is 19.4 Å². The molecule has 6 heteroatoms. The lowest BCUT2D eigenvalue weighted by atomic mass is 10.1. The molecule has 1 N–H and O–H groups in total. The van der Waals surface area contributed by atoms with E-state index >= 15 is 0 Å². The summed E-state index contributed by atoms with van der Waals surface area (Å²) in [6.07, 6.45) is 1.10. The SMILES string of the molecule is CCOC(=O)c1cc(-c2ccc(OC)cc2)n(CCC(=O)NCCc2ccc(C)cc2)c1C. The van der Waals surface area contributed by atoms with Crippen LogP contribution in [0.4, 0.5) is 0 Å². The smallest absolute Gasteiger partial charge is 0.339 e. The van der Waals surface area contributed by atoms with Crippen LogP contribution < -0.4 is 10.1 Å². The molecule has 1 heterocycles. The molecule has 0 atom stereocenters. The van der Waals surface area contributed by atoms with Crippen LogP contribution in [0.1, 0.15) is 40.5 Å². The molecule has 0 fully saturated rings. The first-order valence-electron chi connectivity index (χ1n) is 11.3. The second-order valence-electron chi connectivity index (χ2n) is 7.96. The Morgan fingerprint density at radius 2 is 1.70 bits per heavy atom. The van der Waals surface area contributed by atoms with Crippen molar-refractivity contribution in [1.82, 2.24) is 9.88 Å². The summed E-state index contributed by atoms with van der Waals surface area (Å²) < 4.78 is 12.5. The molecule has 0 aliphatic rings. The van der Waals surface area contributed by atoms with E-state index in [9.17, 15) is 9.59 Å². The van der Waals surface area contributed by atoms with Crippen LogP contribution in [-0.4, -0.2) is 36.7 Å². The fraction of sp³-hybridized carbons (Fsp3) is 0.333. The van der Waals surface area contributed by atoms with Crippen molar-refractivity contribution >= 4 is 11.9 Å². The first-order valence-corrected chi connectivity index (χ1v) is 11.3. The molecule has 0 unspecified atom stereocenters. The van der Waals surface area contributed by atoms with Gasteiger partial charge in [0.15, 0.2) is 0 Å². The first kappa shape index (κ1) is 24.1. The predicted molar refractivity (Wildman–Crippen MR) is 130 cm³/mol. The topological polar surface area (TPSA) is 69.6 Å². The van der Waals surface area contributed by atoms with Gasteiger partial charge in [-0.25, -0.2) is 4.79 Å². The predicted octanol–water partition coefficient (Wildman–Crippen LogP) is 4.71. The molecule has 0 saturated carbocycles. The van der Waals surface area contributed by atoms with Gasteiger partial charge in [-0.15, -0.1) is 0 Å². The molecule has 0 aliphatic heterocycles. The van der Waals surface area contributed by atoms with Crippen LogP contribution in [0, 0.1) is 13.8 Å². The van der Waals surface area contributed by atoms with Crippen LogP contribution >= 0.6 is 0 Å². The summed E-state index contributed by atoms with van der Waals surface area (Å²) in [6.45, 7) is 7.09. The van der Waals surface area contributed by atoms with Crippen LogP contribution in [0.3, 0.4) is 0 Å². The van der Waals surface area contributed by atoms with Gasteiger partial charge in [-0.3, -0.25) is 4.79 Å². The van der Waals surface area contributed by atoms with E-state index in [2.05, 4.69) is 36.5 Å². The number of nitrogens with zero attached hydrogens (tertiary/aromatic N) is 1. The van der Waals surface area contributed by atoms with Gasteiger partial charge in [-0.2, -0.15) is 0 Å². The lowest BCUT2D eigenvalue weighted by molar-refractivity contribution is -0.121. The van der Waals surface area contributed by atoms with E-state index in [1.165, 1.54) is 11.1 Å². The van der Waals surface area contributed by atoms with Crippen molar-refractivity contribution in [2.45, 2.75) is 40.2 Å². The molecular weight excluding hydrogens is 416 g/mol. The third kappa shape index (κ3) is 6.25. The van der Waals surface area contributed by atoms with E-state index in [0.717, 1.165) is 29.1 Å². The summed E-state index contributed by atoms with van der Waals surface area (Å²) in [7, 11) is 1.62. The molecule has 3 aromatic rings. The normalized spacial score (nSPS) is 10.7. The van der Waals surface area contributed by atoms with Gasteiger partial charge in [0.25, 0.3) is 0 Å². The third-order valence-corrected chi connectivity index (χ3v) is 5.67. The van der Waals surface area contributed by atoms with Crippen molar-refractivity contribution < 1.29 is 19.1 Å². The molecule has 2 aromatic carbocycles. The number of nitrogens with one attached hydrogen (secondary N) is 1. The highest BCUT2D eigenvalue weighted by molar-refractivity contribution is 5.92. The Labute approximate surface area is 195 Å². The molecule has 1 aromatic heterocycles. The number of carbonyl (C=O) groups is 2. The van der Waals surface area contributed by atoms with Crippen molar-refractivity contribution in [3.63, 3.8) is 0 Å². The van der Waals surface area contributed by atoms with Crippen LogP contribution in [-0.2, 0) is 22.5 Å². The Balaban J connectivity index is 1.71. The van der Waals surface area contributed by atoms with Crippen molar-refractivity contribution in [1.29, 1.82) is 0 Å². The van der Waals surface area contributed by atoms with Gasteiger partial charge in [0.1, 0.15) is 5.75 Å². The minimum absolute atomic E-state index is 0.0198. The average Bonchev–Trinajstić information content (AvgIpc) is 3.15. The van der Waals surface area contributed by atoms with Crippen molar-refractivity contribution in [2.24, 2.45) is 0 Å². The van der Waals surface area contributed by atoms with Gasteiger partial charge in [0.05, 0.1) is 19.3 Å². The highest BCUT2D eigenvalue weighted by Gasteiger charge is 2.20. The number of hydrogen-bond acceptors (Lipinski definition) is 4. The van der Waals surface area contributed by atoms with Crippen LogP contribution in [0.2, 0.25) is 0 Å². The molecule has 0 saturated heterocycles. The minimum Gasteiger partial charge on any atom is -0.497 e. The fourth-order valence-electron chi connectivity index (χ4n) is 3.75. The van der Waals surface area contributed by atoms with E-state index in [0.29, 0.717) is 31.7 Å². The zero-order chi connectivity index (χ0) is 23.8. The Hall–Kier alpha value is -3.54. The standard InChI is InChI=1S/C27H32N2O4/c1-5-33-27(31)24-18-25(22-10-12-23(32-4)13-11-22)29(20(24)3)17-15-26(30)28-16-14-21-8-6-19(2)7-9-21/h6-13,18H,5,14-17H2,1-4H3,(H,28,30). The summed E-state index contributed by atoms with van der Waals surface area (Å²) in [6, 6.07) is 17.8. The molecule has 6 nitrogen and oxygen atoms in total. The Morgan fingerprint density at radius 3 is 2.33 bits per heavy atom. The quantitative estimate of drug-likeness (QED) is 0.456. The summed E-state index contributed by atoms with van der Waals surface area (Å²) in [5.41, 5.74) is 5.52. The zero-order valence-electron chi connectivity index (χ0n) is 19.8. The van der Waals surface area contributed by atoms with Crippen LogP contribution in [0.25, 0.3) is 11.3 Å². The van der Waals surface area contributed by atoms with E-state index in [1.54, 1.807) is 14.0 Å². The number of benzene rings is 2. The van der Waals surface area contributed by atoms with Gasteiger partial charge in [-0.05, 0) is 68.7 Å². The lowest BCUT2D eigenvalue weighted by Gasteiger charge is -2.13. The van der Waals surface area contributed by atoms with E-state index in [4.69, 9.17) is 9.47 Å². The minimum atomic E-state index is -0.355. The molecule has 174 valence electrons. The molecular formula is C27H32N2O4. The number of amides is 1. The Morgan fingerprint density at radius 1 is 1.00 bits per heavy atom. The number of carbonyl (C=O) groups excluding carboxylic acids is 2. The van der Waals surface area contributed by atoms with Gasteiger partial charge in [0, 0.05) is 30.9 Å². The number of esters is 1. The highest BCUT2D eigenvalue weighted by Crippen LogP contribution is 2.28. The Kier molecular flexibility index (Phi) is 8.30. The van der Waals surface area contributed by atoms with Crippen molar-refractivity contribution in [3.8, 4) is 17.0 Å². The summed E-state index contributed by atoms with van der Waals surface area (Å²) in [5.74, 6) is 0.381. The number of ether oxygens (including phenoxy) is 2. The number of aryl methyl sites for hydroxylation is 1. The van der Waals surface area contributed by atoms with Crippen molar-refractivity contribution in [3.05, 3.63) is 77.0 Å². The largest absolute Gasteiger partial charge is 0.497 e. The van der Waals surface area contributed by atoms with E-state index in [-0.39, 0.29) is 11.9 Å². The first-order chi connectivity index (χ1) is 15.9. The molecule has 33 heavy (non-hydrogen) atoms. The molecule has 3 rings (SSSR count). The number of methoxy groups -OCH3 is 1. The highest BCUT2D eigenvalue weighted by atomic mass is 16.5. The number of hydrogen-bond donors (Lipinski definition) is 1. The Bertz CT molecular complexity index is 1080. The van der Waals surface area contributed by atoms with Crippen molar-refractivity contribution in [2.75, 3.05) is 20.3 Å². The second kappa shape index (κ2) is 11.4. The third-order valence-electron chi connectivity index (χ3n) is 5.67. The summed E-state index contributed by atoms with van der Waals surface area (Å²) in [4.78, 5) is 25.0. The monoisotopic (exact) mass is 448 g/mol. The number of rotatable bonds is 10. The second-order valence-corrected chi connectivity index (χ2v) is 7.96. The van der Waals surface area contributed by atoms with Gasteiger partial charge in [0.2, 0.25) is 5.91 Å². The molecule has 0 radical (unpaired) electrons. The molecule has 0 bridgehead atoms. The maximum absolute atomic E-state index is 12.5. The van der Waals surface area contributed by atoms with Crippen LogP contribution in [0.5, 0.6) is 5.75 Å². The number of aromatic nitrogens is 1. The van der Waals surface area contributed by atoms with E-state index in [1.807, 2.05) is 41.8 Å². The summed E-state index contributed by atoms with van der Waals surface area (Å²) in [5, 5.41) is 3.00. The maximum Gasteiger partial charge on any atom is 0.339 e.